The van der Waals surface area contributed by atoms with Crippen LogP contribution < -0.4 is 9.47 Å². The third-order valence-corrected chi connectivity index (χ3v) is 2.83. The molecule has 2 rings (SSSR count). The number of hydrogen-bond acceptors (Lipinski definition) is 4. The molecule has 4 heteroatoms. The molecule has 1 atom stereocenters. The van der Waals surface area contributed by atoms with E-state index in [9.17, 15) is 4.79 Å². The summed E-state index contributed by atoms with van der Waals surface area (Å²) in [6.45, 7) is 4.36. The maximum absolute atomic E-state index is 11.5. The molecule has 1 unspecified atom stereocenters. The average molecular weight is 268 g/mol. The van der Waals surface area contributed by atoms with Crippen molar-refractivity contribution in [2.24, 2.45) is 5.92 Å². The molecule has 1 aromatic rings. The van der Waals surface area contributed by atoms with Crippen molar-refractivity contribution in [2.75, 3.05) is 6.79 Å². The number of rotatable bonds is 4. The van der Waals surface area contributed by atoms with Crippen LogP contribution in [-0.4, -0.2) is 12.8 Å². The zero-order valence-electron chi connectivity index (χ0n) is 10.1. The zero-order chi connectivity index (χ0) is 12.3. The van der Waals surface area contributed by atoms with Gasteiger partial charge in [-0.1, -0.05) is 34.8 Å². The molecule has 0 saturated carbocycles. The predicted molar refractivity (Wildman–Crippen MR) is 75.3 cm³/mol. The van der Waals surface area contributed by atoms with E-state index < -0.39 is 0 Å². The maximum atomic E-state index is 11.5. The van der Waals surface area contributed by atoms with Crippen LogP contribution in [0.25, 0.3) is 0 Å². The van der Waals surface area contributed by atoms with Gasteiger partial charge in [0.25, 0.3) is 0 Å². The Labute approximate surface area is 115 Å². The summed E-state index contributed by atoms with van der Waals surface area (Å²) in [5.74, 6) is 1.23. The lowest BCUT2D eigenvalue weighted by molar-refractivity contribution is -0.149. The molecular weight excluding hydrogens is 244 g/mol. The molecule has 108 valence electrons. The minimum Gasteiger partial charge on any atom is -0.461 e. The van der Waals surface area contributed by atoms with Gasteiger partial charge in [0.2, 0.25) is 6.79 Å². The standard InChI is InChI=1S/C13H16O4.2CH4/c1-3-9(2)13(14)15-7-10-4-5-11-12(6-10)17-8-16-11;;/h4-6,9H,3,7-8H2,1-2H3;2*1H4. The predicted octanol–water partition coefficient (Wildman–Crippen LogP) is 3.78. The molecule has 0 aromatic heterocycles. The monoisotopic (exact) mass is 268 g/mol. The van der Waals surface area contributed by atoms with Gasteiger partial charge in [0, 0.05) is 0 Å². The van der Waals surface area contributed by atoms with Crippen LogP contribution in [0.15, 0.2) is 18.2 Å². The summed E-state index contributed by atoms with van der Waals surface area (Å²) < 4.78 is 15.7. The molecule has 1 aliphatic heterocycles. The van der Waals surface area contributed by atoms with E-state index in [1.54, 1.807) is 0 Å². The Bertz CT molecular complexity index is 415. The second-order valence-electron chi connectivity index (χ2n) is 4.10. The van der Waals surface area contributed by atoms with Gasteiger partial charge in [-0.3, -0.25) is 4.79 Å². The highest BCUT2D eigenvalue weighted by Crippen LogP contribution is 2.32. The summed E-state index contributed by atoms with van der Waals surface area (Å²) in [5.41, 5.74) is 0.908. The number of carbonyl (C=O) groups excluding carboxylic acids is 1. The number of fused-ring (bicyclic) bond motifs is 1. The van der Waals surface area contributed by atoms with E-state index in [1.807, 2.05) is 32.0 Å². The Hall–Kier alpha value is -1.71. The third kappa shape index (κ3) is 4.16. The van der Waals surface area contributed by atoms with Gasteiger partial charge in [0.15, 0.2) is 11.5 Å². The van der Waals surface area contributed by atoms with Crippen LogP contribution in [0.4, 0.5) is 0 Å². The Balaban J connectivity index is 0.00000162. The molecule has 0 aliphatic carbocycles. The summed E-state index contributed by atoms with van der Waals surface area (Å²) in [4.78, 5) is 11.5. The normalized spacial score (nSPS) is 12.9. The zero-order valence-corrected chi connectivity index (χ0v) is 10.1. The van der Waals surface area contributed by atoms with Crippen LogP contribution in [0.2, 0.25) is 0 Å². The highest BCUT2D eigenvalue weighted by Gasteiger charge is 2.15. The maximum Gasteiger partial charge on any atom is 0.308 e. The van der Waals surface area contributed by atoms with Crippen LogP contribution in [0.5, 0.6) is 11.5 Å². The Morgan fingerprint density at radius 1 is 1.32 bits per heavy atom. The lowest BCUT2D eigenvalue weighted by Gasteiger charge is -2.09. The van der Waals surface area contributed by atoms with E-state index in [-0.39, 0.29) is 40.1 Å². The largest absolute Gasteiger partial charge is 0.461 e. The van der Waals surface area contributed by atoms with Crippen molar-refractivity contribution in [3.05, 3.63) is 23.8 Å². The molecule has 0 bridgehead atoms. The first-order chi connectivity index (χ1) is 8.20. The lowest BCUT2D eigenvalue weighted by Crippen LogP contribution is -2.13. The molecular formula is C15H24O4. The fourth-order valence-electron chi connectivity index (χ4n) is 1.49. The van der Waals surface area contributed by atoms with E-state index >= 15 is 0 Å². The van der Waals surface area contributed by atoms with Crippen molar-refractivity contribution in [3.63, 3.8) is 0 Å². The van der Waals surface area contributed by atoms with Crippen molar-refractivity contribution < 1.29 is 19.0 Å². The molecule has 0 amide bonds. The van der Waals surface area contributed by atoms with Gasteiger partial charge in [-0.05, 0) is 24.1 Å². The Morgan fingerprint density at radius 2 is 2.00 bits per heavy atom. The minimum absolute atomic E-state index is 0. The Morgan fingerprint density at radius 3 is 2.68 bits per heavy atom. The first-order valence-electron chi connectivity index (χ1n) is 5.76. The average Bonchev–Trinajstić information content (AvgIpc) is 2.82. The summed E-state index contributed by atoms with van der Waals surface area (Å²) in [6.07, 6.45) is 0.792. The van der Waals surface area contributed by atoms with E-state index in [1.165, 1.54) is 0 Å². The van der Waals surface area contributed by atoms with Crippen molar-refractivity contribution in [1.29, 1.82) is 0 Å². The number of esters is 1. The number of carbonyl (C=O) groups is 1. The highest BCUT2D eigenvalue weighted by molar-refractivity contribution is 5.71. The first kappa shape index (κ1) is 17.3. The van der Waals surface area contributed by atoms with Gasteiger partial charge < -0.3 is 14.2 Å². The van der Waals surface area contributed by atoms with Gasteiger partial charge in [-0.2, -0.15) is 0 Å². The number of benzene rings is 1. The van der Waals surface area contributed by atoms with Gasteiger partial charge in [-0.15, -0.1) is 0 Å². The van der Waals surface area contributed by atoms with Crippen LogP contribution in [0.3, 0.4) is 0 Å². The van der Waals surface area contributed by atoms with Gasteiger partial charge >= 0.3 is 5.97 Å². The van der Waals surface area contributed by atoms with Crippen molar-refractivity contribution >= 4 is 5.97 Å². The SMILES string of the molecule is C.C.CCC(C)C(=O)OCc1ccc2c(c1)OCO2. The third-order valence-electron chi connectivity index (χ3n) is 2.83. The van der Waals surface area contributed by atoms with Gasteiger partial charge in [0.05, 0.1) is 5.92 Å². The van der Waals surface area contributed by atoms with Crippen LogP contribution in [-0.2, 0) is 16.1 Å². The van der Waals surface area contributed by atoms with Crippen molar-refractivity contribution in [2.45, 2.75) is 41.7 Å². The molecule has 0 N–H and O–H groups in total. The summed E-state index contributed by atoms with van der Waals surface area (Å²) in [7, 11) is 0. The molecule has 0 spiro atoms. The highest BCUT2D eigenvalue weighted by atomic mass is 16.7. The molecule has 0 saturated heterocycles. The molecule has 1 aromatic carbocycles. The topological polar surface area (TPSA) is 44.8 Å². The minimum atomic E-state index is -0.162. The lowest BCUT2D eigenvalue weighted by atomic mass is 10.1. The molecule has 1 aliphatic rings. The molecule has 4 nitrogen and oxygen atoms in total. The number of ether oxygens (including phenoxy) is 3. The molecule has 1 heterocycles. The van der Waals surface area contributed by atoms with Crippen LogP contribution in [0, 0.1) is 5.92 Å². The van der Waals surface area contributed by atoms with Gasteiger partial charge in [0.1, 0.15) is 6.61 Å². The van der Waals surface area contributed by atoms with Gasteiger partial charge in [-0.25, -0.2) is 0 Å². The second-order valence-corrected chi connectivity index (χ2v) is 4.10. The van der Waals surface area contributed by atoms with Crippen LogP contribution >= 0.6 is 0 Å². The smallest absolute Gasteiger partial charge is 0.308 e. The quantitative estimate of drug-likeness (QED) is 0.780. The summed E-state index contributed by atoms with van der Waals surface area (Å²) >= 11 is 0. The van der Waals surface area contributed by atoms with Crippen molar-refractivity contribution in [3.8, 4) is 11.5 Å². The Kier molecular flexibility index (Phi) is 6.98. The summed E-state index contributed by atoms with van der Waals surface area (Å²) in [6, 6.07) is 5.54. The second kappa shape index (κ2) is 7.67. The summed E-state index contributed by atoms with van der Waals surface area (Å²) in [5, 5.41) is 0. The molecule has 19 heavy (non-hydrogen) atoms. The van der Waals surface area contributed by atoms with E-state index in [0.29, 0.717) is 5.75 Å². The fraction of sp³-hybridized carbons (Fsp3) is 0.533. The molecule has 0 fully saturated rings. The van der Waals surface area contributed by atoms with Crippen LogP contribution in [0.1, 0.15) is 40.7 Å². The van der Waals surface area contributed by atoms with E-state index in [4.69, 9.17) is 14.2 Å². The van der Waals surface area contributed by atoms with Crippen molar-refractivity contribution in [1.82, 2.24) is 0 Å². The first-order valence-corrected chi connectivity index (χ1v) is 5.76. The van der Waals surface area contributed by atoms with E-state index in [0.717, 1.165) is 17.7 Å². The number of hydrogen-bond donors (Lipinski definition) is 0. The van der Waals surface area contributed by atoms with E-state index in [2.05, 4.69) is 0 Å². The molecule has 0 radical (unpaired) electrons. The fourth-order valence-corrected chi connectivity index (χ4v) is 1.49.